The molecule has 0 amide bonds. The minimum atomic E-state index is 0.327. The highest BCUT2D eigenvalue weighted by Gasteiger charge is 2.25. The van der Waals surface area contributed by atoms with E-state index < -0.39 is 0 Å². The van der Waals surface area contributed by atoms with Gasteiger partial charge < -0.3 is 15.5 Å². The summed E-state index contributed by atoms with van der Waals surface area (Å²) in [5, 5.41) is 5.12. The van der Waals surface area contributed by atoms with Crippen LogP contribution < -0.4 is 10.5 Å². The van der Waals surface area contributed by atoms with Crippen LogP contribution in [0.3, 0.4) is 0 Å². The van der Waals surface area contributed by atoms with E-state index in [4.69, 9.17) is 37.0 Å². The maximum absolute atomic E-state index is 6.77. The van der Waals surface area contributed by atoms with E-state index in [0.717, 1.165) is 72.0 Å². The number of halogens is 1. The molecule has 0 unspecified atom stereocenters. The van der Waals surface area contributed by atoms with Gasteiger partial charge in [0.05, 0.1) is 40.5 Å². The number of nitrogen functional groups attached to an aromatic ring is 1. The molecule has 8 heteroatoms. The van der Waals surface area contributed by atoms with Crippen molar-refractivity contribution in [1.29, 1.82) is 0 Å². The number of hydrogen-bond acceptors (Lipinski definition) is 6. The van der Waals surface area contributed by atoms with Gasteiger partial charge in [-0.3, -0.25) is 0 Å². The van der Waals surface area contributed by atoms with Crippen LogP contribution in [0.25, 0.3) is 88.5 Å². The van der Waals surface area contributed by atoms with E-state index in [9.17, 15) is 0 Å². The summed E-state index contributed by atoms with van der Waals surface area (Å²) < 4.78 is 5.48. The number of ether oxygens (including phenoxy) is 1. The number of methoxy groups -OCH3 is 1. The van der Waals surface area contributed by atoms with Crippen molar-refractivity contribution in [3.63, 3.8) is 0 Å². The Morgan fingerprint density at radius 1 is 0.694 bits per heavy atom. The van der Waals surface area contributed by atoms with Crippen molar-refractivity contribution in [2.45, 2.75) is 0 Å². The highest BCUT2D eigenvalue weighted by atomic mass is 35.5. The lowest BCUT2D eigenvalue weighted by Crippen LogP contribution is -2.02. The first kappa shape index (κ1) is 28.9. The second-order valence-corrected chi connectivity index (χ2v) is 12.4. The number of H-pyrrole nitrogens is 1. The van der Waals surface area contributed by atoms with Gasteiger partial charge in [0.25, 0.3) is 0 Å². The summed E-state index contributed by atoms with van der Waals surface area (Å²) in [5.41, 5.74) is 16.0. The molecule has 9 rings (SSSR count). The van der Waals surface area contributed by atoms with Crippen LogP contribution in [0.2, 0.25) is 5.02 Å². The van der Waals surface area contributed by atoms with E-state index >= 15 is 0 Å². The molecule has 9 aromatic rings. The van der Waals surface area contributed by atoms with E-state index in [1.165, 1.54) is 6.33 Å². The maximum Gasteiger partial charge on any atom is 0.163 e. The lowest BCUT2D eigenvalue weighted by molar-refractivity contribution is 0.415. The third-order valence-electron chi connectivity index (χ3n) is 9.06. The summed E-state index contributed by atoms with van der Waals surface area (Å²) >= 11 is 6.61. The predicted molar refractivity (Wildman–Crippen MR) is 200 cm³/mol. The van der Waals surface area contributed by atoms with Crippen molar-refractivity contribution in [3.8, 4) is 50.6 Å². The normalized spacial score (nSPS) is 11.6. The van der Waals surface area contributed by atoms with Crippen LogP contribution in [-0.4, -0.2) is 32.0 Å². The second kappa shape index (κ2) is 11.4. The lowest BCUT2D eigenvalue weighted by atomic mass is 9.94. The third-order valence-corrected chi connectivity index (χ3v) is 9.29. The summed E-state index contributed by atoms with van der Waals surface area (Å²) in [6.07, 6.45) is 1.51. The zero-order valence-electron chi connectivity index (χ0n) is 26.3. The molecular weight excluding hydrogens is 628 g/mol. The molecule has 7 nitrogen and oxygen atoms in total. The average Bonchev–Trinajstić information content (AvgIpc) is 3.52. The summed E-state index contributed by atoms with van der Waals surface area (Å²) in [5.74, 6) is 1.14. The van der Waals surface area contributed by atoms with Gasteiger partial charge in [-0.1, -0.05) is 90.5 Å². The summed E-state index contributed by atoms with van der Waals surface area (Å²) in [6, 6.07) is 40.7. The maximum atomic E-state index is 6.77. The Bertz CT molecular complexity index is 2730. The Kier molecular flexibility index (Phi) is 6.74. The highest BCUT2D eigenvalue weighted by molar-refractivity contribution is 6.32. The summed E-state index contributed by atoms with van der Waals surface area (Å²) in [6.45, 7) is 0. The van der Waals surface area contributed by atoms with Gasteiger partial charge >= 0.3 is 0 Å². The van der Waals surface area contributed by atoms with Gasteiger partial charge in [-0.25, -0.2) is 19.9 Å². The van der Waals surface area contributed by atoms with Crippen LogP contribution in [0.1, 0.15) is 0 Å². The molecule has 0 bridgehead atoms. The Morgan fingerprint density at radius 3 is 2.24 bits per heavy atom. The van der Waals surface area contributed by atoms with Crippen LogP contribution in [0.4, 0.5) is 5.82 Å². The van der Waals surface area contributed by atoms with Gasteiger partial charge in [-0.05, 0) is 69.9 Å². The standard InChI is InChI=1S/C41H27ClN6O/c1-49-29-16-14-25-18-27(13-12-26(25)19-29)30-21-33(23-8-4-2-5-9-23)47-41-35(30)38-36(40(43)45-22-44-38)39(48-41)34-31-20-28(42)15-17-32(31)46-37(34)24-10-6-3-7-11-24/h2-22,46H,1H3,(H2,43,44,45). The molecule has 0 atom stereocenters. The summed E-state index contributed by atoms with van der Waals surface area (Å²) in [4.78, 5) is 23.6. The number of fused-ring (bicyclic) bond motifs is 5. The first-order valence-corrected chi connectivity index (χ1v) is 16.2. The predicted octanol–water partition coefficient (Wildman–Crippen LogP) is 10.1. The molecule has 5 aromatic carbocycles. The quantitative estimate of drug-likeness (QED) is 0.179. The minimum absolute atomic E-state index is 0.327. The molecule has 49 heavy (non-hydrogen) atoms. The molecule has 3 N–H and O–H groups in total. The van der Waals surface area contributed by atoms with Gasteiger partial charge in [0.15, 0.2) is 5.65 Å². The van der Waals surface area contributed by atoms with Gasteiger partial charge in [0.1, 0.15) is 17.9 Å². The van der Waals surface area contributed by atoms with Crippen molar-refractivity contribution >= 4 is 61.0 Å². The fourth-order valence-electron chi connectivity index (χ4n) is 6.75. The fourth-order valence-corrected chi connectivity index (χ4v) is 6.92. The number of aromatic nitrogens is 5. The van der Waals surface area contributed by atoms with Gasteiger partial charge in [0, 0.05) is 27.1 Å². The molecule has 0 saturated carbocycles. The molecule has 0 spiro atoms. The largest absolute Gasteiger partial charge is 0.497 e. The molecule has 0 aliphatic carbocycles. The SMILES string of the molecule is COc1ccc2cc(-c3cc(-c4ccccc4)nc4nc(-c5c(-c6ccccc6)[nH]c6ccc(Cl)cc56)c5c(N)ncnc5c34)ccc2c1. The van der Waals surface area contributed by atoms with Gasteiger partial charge in [-0.15, -0.1) is 0 Å². The molecule has 4 aromatic heterocycles. The molecule has 0 fully saturated rings. The zero-order chi connectivity index (χ0) is 33.1. The number of nitrogens with one attached hydrogen (secondary N) is 1. The van der Waals surface area contributed by atoms with Crippen molar-refractivity contribution in [3.05, 3.63) is 133 Å². The Labute approximate surface area is 286 Å². The Hall–Kier alpha value is -6.31. The monoisotopic (exact) mass is 654 g/mol. The number of rotatable bonds is 5. The van der Waals surface area contributed by atoms with Crippen LogP contribution >= 0.6 is 11.6 Å². The van der Waals surface area contributed by atoms with Crippen LogP contribution in [0.15, 0.2) is 128 Å². The third kappa shape index (κ3) is 4.82. The van der Waals surface area contributed by atoms with Crippen LogP contribution in [0, 0.1) is 0 Å². The molecule has 234 valence electrons. The number of hydrogen-bond donors (Lipinski definition) is 2. The average molecular weight is 655 g/mol. The molecular formula is C41H27ClN6O. The van der Waals surface area contributed by atoms with E-state index in [-0.39, 0.29) is 0 Å². The Morgan fingerprint density at radius 2 is 1.45 bits per heavy atom. The van der Waals surface area contributed by atoms with Crippen molar-refractivity contribution in [1.82, 2.24) is 24.9 Å². The number of aromatic amines is 1. The number of nitrogens with zero attached hydrogens (tertiary/aromatic N) is 4. The zero-order valence-corrected chi connectivity index (χ0v) is 27.0. The summed E-state index contributed by atoms with van der Waals surface area (Å²) in [7, 11) is 1.68. The molecule has 4 heterocycles. The van der Waals surface area contributed by atoms with Gasteiger partial charge in [-0.2, -0.15) is 0 Å². The fraction of sp³-hybridized carbons (Fsp3) is 0.0244. The molecule has 0 aliphatic rings. The number of pyridine rings is 2. The topological polar surface area (TPSA) is 103 Å². The smallest absolute Gasteiger partial charge is 0.163 e. The van der Waals surface area contributed by atoms with Gasteiger partial charge in [0.2, 0.25) is 0 Å². The van der Waals surface area contributed by atoms with E-state index in [2.05, 4.69) is 64.6 Å². The molecule has 0 radical (unpaired) electrons. The van der Waals surface area contributed by atoms with Crippen molar-refractivity contribution < 1.29 is 4.74 Å². The van der Waals surface area contributed by atoms with E-state index in [0.29, 0.717) is 33.1 Å². The number of anilines is 1. The second-order valence-electron chi connectivity index (χ2n) is 11.9. The first-order valence-electron chi connectivity index (χ1n) is 15.8. The lowest BCUT2D eigenvalue weighted by Gasteiger charge is -2.16. The number of benzene rings is 5. The highest BCUT2D eigenvalue weighted by Crippen LogP contribution is 2.45. The van der Waals surface area contributed by atoms with Crippen molar-refractivity contribution in [2.24, 2.45) is 0 Å². The molecule has 0 aliphatic heterocycles. The van der Waals surface area contributed by atoms with E-state index in [1.807, 2.05) is 66.7 Å². The number of nitrogens with two attached hydrogens (primary N) is 1. The first-order chi connectivity index (χ1) is 24.1. The van der Waals surface area contributed by atoms with Crippen LogP contribution in [0.5, 0.6) is 5.75 Å². The Balaban J connectivity index is 1.42. The minimum Gasteiger partial charge on any atom is -0.497 e. The van der Waals surface area contributed by atoms with Crippen molar-refractivity contribution in [2.75, 3.05) is 12.8 Å². The molecule has 0 saturated heterocycles. The van der Waals surface area contributed by atoms with Crippen LogP contribution in [-0.2, 0) is 0 Å². The van der Waals surface area contributed by atoms with E-state index in [1.54, 1.807) is 7.11 Å².